The summed E-state index contributed by atoms with van der Waals surface area (Å²) >= 11 is 0. The second-order valence-corrected chi connectivity index (χ2v) is 19.3. The van der Waals surface area contributed by atoms with Crippen LogP contribution in [-0.4, -0.2) is 109 Å². The molecule has 6 amide bonds. The molecule has 0 aliphatic carbocycles. The molecule has 7 rings (SSSR count). The van der Waals surface area contributed by atoms with Crippen LogP contribution in [0.3, 0.4) is 0 Å². The van der Waals surface area contributed by atoms with Crippen LogP contribution in [0.25, 0.3) is 0 Å². The van der Waals surface area contributed by atoms with Crippen molar-refractivity contribution in [1.29, 1.82) is 0 Å². The zero-order valence-electron chi connectivity index (χ0n) is 49.3. The van der Waals surface area contributed by atoms with Crippen molar-refractivity contribution in [2.75, 3.05) is 75.0 Å². The third-order valence-electron chi connectivity index (χ3n) is 13.7. The SMILES string of the molecule is CCN(CC)C(=O)COc1c2cc(C(=O)Nc3ccc(F)cc3)cc1COCc1cc(C(=O)Nc3ccc(F)cc3)cc(c1OCC(=O)N(CC)CC)COCc1cc(C(=O)Nc3ccc(F)cc3)cc(c1OCC(=O)N(CC)CC)COC2.[Br-].[Li+]. The molecule has 0 atom stereocenters. The Bertz CT molecular complexity index is 2880. The van der Waals surface area contributed by atoms with Crippen LogP contribution in [-0.2, 0) is 68.2 Å². The van der Waals surface area contributed by atoms with Gasteiger partial charge in [-0.25, -0.2) is 13.2 Å². The number of amides is 6. The molecule has 0 unspecified atom stereocenters. The minimum atomic E-state index is -0.617. The second kappa shape index (κ2) is 33.8. The first-order valence-electron chi connectivity index (χ1n) is 27.7. The number of carbonyl (C=O) groups is 6. The van der Waals surface area contributed by atoms with Crippen molar-refractivity contribution in [1.82, 2.24) is 14.7 Å². The van der Waals surface area contributed by atoms with Gasteiger partial charge in [0.15, 0.2) is 19.8 Å². The summed E-state index contributed by atoms with van der Waals surface area (Å²) in [5.41, 5.74) is 2.67. The monoisotopic (exact) mass is 1240 g/mol. The average molecular weight is 1250 g/mol. The molecule has 0 spiro atoms. The number of ether oxygens (including phenoxy) is 6. The summed E-state index contributed by atoms with van der Waals surface area (Å²) in [7, 11) is 0. The van der Waals surface area contributed by atoms with E-state index in [4.69, 9.17) is 28.4 Å². The van der Waals surface area contributed by atoms with E-state index in [1.165, 1.54) is 109 Å². The predicted molar refractivity (Wildman–Crippen MR) is 308 cm³/mol. The van der Waals surface area contributed by atoms with Crippen LogP contribution in [0, 0.1) is 17.5 Å². The van der Waals surface area contributed by atoms with E-state index in [0.29, 0.717) is 39.3 Å². The molecular formula is C63H69BrF3LiN6O12. The van der Waals surface area contributed by atoms with Gasteiger partial charge < -0.3 is 76.1 Å². The fourth-order valence-electron chi connectivity index (χ4n) is 9.28. The second-order valence-electron chi connectivity index (χ2n) is 19.3. The van der Waals surface area contributed by atoms with Crippen molar-refractivity contribution < 1.29 is 106 Å². The normalized spacial score (nSPS) is 12.1. The Kier molecular flexibility index (Phi) is 27.2. The summed E-state index contributed by atoms with van der Waals surface area (Å²) in [6, 6.07) is 24.6. The molecule has 1 heterocycles. The van der Waals surface area contributed by atoms with Gasteiger partial charge in [0.2, 0.25) is 0 Å². The Labute approximate surface area is 520 Å². The zero-order chi connectivity index (χ0) is 60.3. The molecule has 452 valence electrons. The summed E-state index contributed by atoms with van der Waals surface area (Å²) in [6.45, 7) is 10.2. The first-order chi connectivity index (χ1) is 40.5. The van der Waals surface area contributed by atoms with Crippen LogP contribution in [0.5, 0.6) is 17.2 Å². The van der Waals surface area contributed by atoms with E-state index in [1.54, 1.807) is 14.7 Å². The third kappa shape index (κ3) is 18.9. The van der Waals surface area contributed by atoms with Gasteiger partial charge in [-0.2, -0.15) is 0 Å². The number of nitrogens with zero attached hydrogens (tertiary/aromatic N) is 3. The minimum Gasteiger partial charge on any atom is -1.00 e. The molecule has 0 fully saturated rings. The first-order valence-corrected chi connectivity index (χ1v) is 27.7. The Morgan fingerprint density at radius 2 is 0.581 bits per heavy atom. The molecule has 6 aromatic rings. The molecule has 18 nitrogen and oxygen atoms in total. The number of anilines is 3. The average Bonchev–Trinajstić information content (AvgIpc) is 2.41. The Morgan fingerprint density at radius 3 is 0.767 bits per heavy atom. The van der Waals surface area contributed by atoms with Crippen molar-refractivity contribution >= 4 is 52.5 Å². The Balaban J connectivity index is 0.00000675. The van der Waals surface area contributed by atoms with Gasteiger partial charge in [-0.3, -0.25) is 28.8 Å². The first kappa shape index (κ1) is 69.1. The number of halogens is 4. The summed E-state index contributed by atoms with van der Waals surface area (Å²) in [5.74, 6) is -4.09. The van der Waals surface area contributed by atoms with Gasteiger partial charge in [-0.1, -0.05) is 0 Å². The topological polar surface area (TPSA) is 204 Å². The van der Waals surface area contributed by atoms with Gasteiger partial charge >= 0.3 is 18.9 Å². The molecule has 23 heteroatoms. The summed E-state index contributed by atoms with van der Waals surface area (Å²) < 4.78 is 80.8. The van der Waals surface area contributed by atoms with Crippen molar-refractivity contribution in [2.45, 2.75) is 81.2 Å². The largest absolute Gasteiger partial charge is 1.00 e. The molecule has 1 aliphatic rings. The number of hydrogen-bond donors (Lipinski definition) is 3. The van der Waals surface area contributed by atoms with E-state index in [2.05, 4.69) is 16.0 Å². The molecule has 1 aliphatic heterocycles. The van der Waals surface area contributed by atoms with Crippen LogP contribution >= 0.6 is 0 Å². The summed E-state index contributed by atoms with van der Waals surface area (Å²) in [6.07, 6.45) is 0. The van der Waals surface area contributed by atoms with Gasteiger partial charge in [0.05, 0.1) is 39.6 Å². The maximum atomic E-state index is 14.3. The fraction of sp³-hybridized carbons (Fsp3) is 0.333. The zero-order valence-corrected chi connectivity index (χ0v) is 50.8. The van der Waals surface area contributed by atoms with Crippen LogP contribution < -0.4 is 66.0 Å². The van der Waals surface area contributed by atoms with Crippen molar-refractivity contribution in [3.05, 3.63) is 177 Å². The number of hydrogen-bond acceptors (Lipinski definition) is 12. The molecular weight excluding hydrogens is 1180 g/mol. The van der Waals surface area contributed by atoms with E-state index in [9.17, 15) is 41.9 Å². The van der Waals surface area contributed by atoms with E-state index >= 15 is 0 Å². The minimum absolute atomic E-state index is 0. The quantitative estimate of drug-likeness (QED) is 0.0874. The van der Waals surface area contributed by atoms with Crippen LogP contribution in [0.2, 0.25) is 0 Å². The Hall–Kier alpha value is -7.71. The van der Waals surface area contributed by atoms with Crippen LogP contribution in [0.4, 0.5) is 30.2 Å². The summed E-state index contributed by atoms with van der Waals surface area (Å²) in [5, 5.41) is 8.36. The number of benzene rings is 6. The molecule has 6 bridgehead atoms. The van der Waals surface area contributed by atoms with E-state index < -0.39 is 55.0 Å². The van der Waals surface area contributed by atoms with Gasteiger partial charge in [0.1, 0.15) is 34.7 Å². The molecule has 86 heavy (non-hydrogen) atoms. The van der Waals surface area contributed by atoms with E-state index in [1.807, 2.05) is 41.5 Å². The number of carbonyl (C=O) groups excluding carboxylic acids is 6. The van der Waals surface area contributed by atoms with Crippen molar-refractivity contribution in [2.24, 2.45) is 0 Å². The molecule has 6 aromatic carbocycles. The fourth-order valence-corrected chi connectivity index (χ4v) is 9.28. The van der Waals surface area contributed by atoms with Crippen molar-refractivity contribution in [3.8, 4) is 17.2 Å². The Morgan fingerprint density at radius 1 is 0.384 bits per heavy atom. The molecule has 0 radical (unpaired) electrons. The number of rotatable bonds is 21. The summed E-state index contributed by atoms with van der Waals surface area (Å²) in [4.78, 5) is 88.5. The smallest absolute Gasteiger partial charge is 1.00 e. The van der Waals surface area contributed by atoms with Crippen LogP contribution in [0.1, 0.15) is 106 Å². The third-order valence-corrected chi connectivity index (χ3v) is 13.7. The predicted octanol–water partition coefficient (Wildman–Crippen LogP) is 4.07. The number of likely N-dealkylation sites (N-methyl/N-ethyl adjacent to an activating group) is 3. The standard InChI is InChI=1S/C63H69F3N6O12.BrH.Li/c1-7-70(8-2)55(73)37-82-58-43-25-40(61(76)67-52-19-13-49(64)14-20-52)26-44(58)32-80-34-46-28-42(63(78)69-54-23-17-51(66)18-24-54)30-48(60(46)84-39-57(75)72(11-5)12-6)36-81-35-47-29-41(62(77)68-53-21-15-50(65)16-22-53)27-45(33-79-31-43)59(47)83-38-56(74)71(9-3)10-4;;/h13-30H,7-12,31-39H2,1-6H3,(H,67,76)(H,68,77)(H,69,78);1H;/q;;+1/p-1. The number of fused-ring (bicyclic) bond motifs is 6. The number of nitrogens with one attached hydrogen (secondary N) is 3. The maximum Gasteiger partial charge on any atom is 1.00 e. The molecule has 0 saturated carbocycles. The van der Waals surface area contributed by atoms with Crippen LogP contribution in [0.15, 0.2) is 109 Å². The van der Waals surface area contributed by atoms with Gasteiger partial charge in [-0.05, 0) is 151 Å². The molecule has 0 aromatic heterocycles. The van der Waals surface area contributed by atoms with Gasteiger partial charge in [0.25, 0.3) is 35.4 Å². The van der Waals surface area contributed by atoms with Gasteiger partial charge in [0, 0.05) is 106 Å². The van der Waals surface area contributed by atoms with E-state index in [-0.39, 0.29) is 178 Å². The van der Waals surface area contributed by atoms with E-state index in [0.717, 1.165) is 0 Å². The molecule has 3 N–H and O–H groups in total. The maximum absolute atomic E-state index is 14.3. The van der Waals surface area contributed by atoms with Gasteiger partial charge in [-0.15, -0.1) is 0 Å². The van der Waals surface area contributed by atoms with Crippen molar-refractivity contribution in [3.63, 3.8) is 0 Å². The molecule has 0 saturated heterocycles.